The molecule has 22 heavy (non-hydrogen) atoms. The van der Waals surface area contributed by atoms with Crippen molar-refractivity contribution in [3.8, 4) is 0 Å². The summed E-state index contributed by atoms with van der Waals surface area (Å²) in [5.41, 5.74) is 0. The maximum atomic E-state index is 12.4. The average Bonchev–Trinajstić information content (AvgIpc) is 3.07. The van der Waals surface area contributed by atoms with Crippen LogP contribution >= 0.6 is 0 Å². The summed E-state index contributed by atoms with van der Waals surface area (Å²) in [5, 5.41) is 3.95. The van der Waals surface area contributed by atoms with Gasteiger partial charge in [-0.2, -0.15) is 4.98 Å². The van der Waals surface area contributed by atoms with Crippen LogP contribution in [0.25, 0.3) is 0 Å². The van der Waals surface area contributed by atoms with Gasteiger partial charge < -0.3 is 9.42 Å². The largest absolute Gasteiger partial charge is 0.341 e. The van der Waals surface area contributed by atoms with Gasteiger partial charge in [0.15, 0.2) is 5.82 Å². The van der Waals surface area contributed by atoms with Crippen molar-refractivity contribution in [2.75, 3.05) is 26.2 Å². The van der Waals surface area contributed by atoms with Gasteiger partial charge in [-0.05, 0) is 25.2 Å². The lowest BCUT2D eigenvalue weighted by Gasteiger charge is -2.22. The lowest BCUT2D eigenvalue weighted by molar-refractivity contribution is -0.132. The van der Waals surface area contributed by atoms with Gasteiger partial charge in [-0.1, -0.05) is 18.0 Å². The third-order valence-corrected chi connectivity index (χ3v) is 4.81. The monoisotopic (exact) mass is 306 g/mol. The quantitative estimate of drug-likeness (QED) is 0.851. The van der Waals surface area contributed by atoms with E-state index in [4.69, 9.17) is 4.52 Å². The number of amides is 1. The number of aryl methyl sites for hydroxylation is 1. The van der Waals surface area contributed by atoms with Crippen LogP contribution in [0.2, 0.25) is 0 Å². The van der Waals surface area contributed by atoms with Gasteiger partial charge in [0.05, 0.1) is 6.54 Å². The lowest BCUT2D eigenvalue weighted by Crippen LogP contribution is -2.35. The second-order valence-corrected chi connectivity index (χ2v) is 6.59. The fourth-order valence-corrected chi connectivity index (χ4v) is 3.57. The Labute approximate surface area is 131 Å². The van der Waals surface area contributed by atoms with Crippen LogP contribution in [0.5, 0.6) is 0 Å². The van der Waals surface area contributed by atoms with E-state index < -0.39 is 0 Å². The number of hydrogen-bond acceptors (Lipinski definition) is 5. The molecular formula is C16H26N4O2. The maximum Gasteiger partial charge on any atom is 0.223 e. The Balaban J connectivity index is 1.47. The topological polar surface area (TPSA) is 62.5 Å². The Morgan fingerprint density at radius 1 is 1.18 bits per heavy atom. The molecule has 2 fully saturated rings. The van der Waals surface area contributed by atoms with Gasteiger partial charge in [0, 0.05) is 39.5 Å². The zero-order valence-corrected chi connectivity index (χ0v) is 13.5. The third-order valence-electron chi connectivity index (χ3n) is 4.81. The Hall–Kier alpha value is -1.43. The molecule has 6 heteroatoms. The van der Waals surface area contributed by atoms with Crippen molar-refractivity contribution >= 4 is 5.91 Å². The van der Waals surface area contributed by atoms with Crippen LogP contribution in [0, 0.1) is 12.8 Å². The zero-order chi connectivity index (χ0) is 15.4. The lowest BCUT2D eigenvalue weighted by atomic mass is 10.0. The molecule has 1 amide bonds. The SMILES string of the molecule is Cc1nc(CN2CCCN(C(=O)CC3CCCC3)CC2)no1. The van der Waals surface area contributed by atoms with E-state index in [2.05, 4.69) is 19.9 Å². The van der Waals surface area contributed by atoms with E-state index in [1.54, 1.807) is 0 Å². The van der Waals surface area contributed by atoms with Gasteiger partial charge >= 0.3 is 0 Å². The molecule has 1 saturated carbocycles. The highest BCUT2D eigenvalue weighted by atomic mass is 16.5. The first-order valence-electron chi connectivity index (χ1n) is 8.50. The van der Waals surface area contributed by atoms with Crippen molar-refractivity contribution in [2.24, 2.45) is 5.92 Å². The van der Waals surface area contributed by atoms with E-state index in [0.717, 1.165) is 44.8 Å². The number of aromatic nitrogens is 2. The summed E-state index contributed by atoms with van der Waals surface area (Å²) in [6.07, 6.45) is 6.86. The number of rotatable bonds is 4. The minimum Gasteiger partial charge on any atom is -0.341 e. The summed E-state index contributed by atoms with van der Waals surface area (Å²) in [6, 6.07) is 0. The van der Waals surface area contributed by atoms with Crippen LogP contribution in [0.15, 0.2) is 4.52 Å². The highest BCUT2D eigenvalue weighted by Crippen LogP contribution is 2.28. The van der Waals surface area contributed by atoms with E-state index in [1.807, 2.05) is 6.92 Å². The molecule has 1 aliphatic heterocycles. The first-order chi connectivity index (χ1) is 10.7. The second-order valence-electron chi connectivity index (χ2n) is 6.59. The summed E-state index contributed by atoms with van der Waals surface area (Å²) in [7, 11) is 0. The van der Waals surface area contributed by atoms with Crippen LogP contribution in [0.4, 0.5) is 0 Å². The highest BCUT2D eigenvalue weighted by Gasteiger charge is 2.24. The van der Waals surface area contributed by atoms with Gasteiger partial charge in [-0.25, -0.2) is 0 Å². The minimum atomic E-state index is 0.351. The van der Waals surface area contributed by atoms with Crippen LogP contribution in [0.3, 0.4) is 0 Å². The van der Waals surface area contributed by atoms with E-state index in [-0.39, 0.29) is 0 Å². The Morgan fingerprint density at radius 3 is 2.73 bits per heavy atom. The number of hydrogen-bond donors (Lipinski definition) is 0. The first-order valence-corrected chi connectivity index (χ1v) is 8.50. The molecule has 0 aromatic carbocycles. The number of carbonyl (C=O) groups excluding carboxylic acids is 1. The molecule has 0 bridgehead atoms. The third kappa shape index (κ3) is 4.06. The minimum absolute atomic E-state index is 0.351. The van der Waals surface area contributed by atoms with Crippen molar-refractivity contribution in [2.45, 2.75) is 52.0 Å². The normalized spacial score (nSPS) is 21.2. The zero-order valence-electron chi connectivity index (χ0n) is 13.5. The Morgan fingerprint density at radius 2 is 2.00 bits per heavy atom. The molecule has 3 rings (SSSR count). The molecule has 0 spiro atoms. The van der Waals surface area contributed by atoms with Crippen molar-refractivity contribution in [3.05, 3.63) is 11.7 Å². The summed E-state index contributed by atoms with van der Waals surface area (Å²) in [4.78, 5) is 21.1. The second kappa shape index (κ2) is 7.22. The van der Waals surface area contributed by atoms with Gasteiger partial charge in [-0.15, -0.1) is 0 Å². The molecule has 0 N–H and O–H groups in total. The predicted molar refractivity (Wildman–Crippen MR) is 82.1 cm³/mol. The van der Waals surface area contributed by atoms with E-state index in [1.165, 1.54) is 25.7 Å². The van der Waals surface area contributed by atoms with Gasteiger partial charge in [0.1, 0.15) is 0 Å². The summed E-state index contributed by atoms with van der Waals surface area (Å²) in [6.45, 7) is 6.10. The Bertz CT molecular complexity index is 496. The van der Waals surface area contributed by atoms with Crippen LogP contribution < -0.4 is 0 Å². The first kappa shape index (κ1) is 15.5. The molecule has 1 aromatic heterocycles. The highest BCUT2D eigenvalue weighted by molar-refractivity contribution is 5.76. The smallest absolute Gasteiger partial charge is 0.223 e. The van der Waals surface area contributed by atoms with Crippen molar-refractivity contribution < 1.29 is 9.32 Å². The fourth-order valence-electron chi connectivity index (χ4n) is 3.57. The van der Waals surface area contributed by atoms with Gasteiger partial charge in [-0.3, -0.25) is 9.69 Å². The van der Waals surface area contributed by atoms with Crippen molar-refractivity contribution in [3.63, 3.8) is 0 Å². The molecule has 1 aromatic rings. The molecule has 122 valence electrons. The van der Waals surface area contributed by atoms with Gasteiger partial charge in [0.25, 0.3) is 0 Å². The fraction of sp³-hybridized carbons (Fsp3) is 0.812. The molecule has 1 aliphatic carbocycles. The molecule has 2 aliphatic rings. The number of nitrogens with zero attached hydrogens (tertiary/aromatic N) is 4. The summed E-state index contributed by atoms with van der Waals surface area (Å²) in [5.74, 6) is 2.33. The molecule has 2 heterocycles. The summed E-state index contributed by atoms with van der Waals surface area (Å²) < 4.78 is 5.02. The molecule has 0 unspecified atom stereocenters. The molecular weight excluding hydrogens is 280 g/mol. The van der Waals surface area contributed by atoms with Crippen LogP contribution in [-0.4, -0.2) is 52.0 Å². The molecule has 6 nitrogen and oxygen atoms in total. The van der Waals surface area contributed by atoms with Crippen LogP contribution in [-0.2, 0) is 11.3 Å². The molecule has 0 radical (unpaired) electrons. The van der Waals surface area contributed by atoms with Crippen LogP contribution in [0.1, 0.15) is 50.2 Å². The van der Waals surface area contributed by atoms with Crippen molar-refractivity contribution in [1.82, 2.24) is 19.9 Å². The standard InChI is InChI=1S/C16H26N4O2/c1-13-17-15(18-22-13)12-19-7-4-8-20(10-9-19)16(21)11-14-5-2-3-6-14/h14H,2-12H2,1H3. The number of carbonyl (C=O) groups is 1. The average molecular weight is 306 g/mol. The predicted octanol–water partition coefficient (Wildman–Crippen LogP) is 1.99. The Kier molecular flexibility index (Phi) is 5.08. The van der Waals surface area contributed by atoms with Gasteiger partial charge in [0.2, 0.25) is 11.8 Å². The molecule has 0 atom stereocenters. The summed E-state index contributed by atoms with van der Waals surface area (Å²) >= 11 is 0. The van der Waals surface area contributed by atoms with Crippen molar-refractivity contribution in [1.29, 1.82) is 0 Å². The maximum absolute atomic E-state index is 12.4. The van der Waals surface area contributed by atoms with E-state index in [0.29, 0.717) is 24.3 Å². The van der Waals surface area contributed by atoms with E-state index in [9.17, 15) is 4.79 Å². The van der Waals surface area contributed by atoms with E-state index >= 15 is 0 Å². The molecule has 1 saturated heterocycles.